The van der Waals surface area contributed by atoms with E-state index in [0.29, 0.717) is 24.5 Å². The lowest BCUT2D eigenvalue weighted by atomic mass is 10.0. The molecule has 1 aromatic rings. The van der Waals surface area contributed by atoms with Gasteiger partial charge in [-0.05, 0) is 0 Å². The topological polar surface area (TPSA) is 72.6 Å². The molecule has 1 aromatic heterocycles. The summed E-state index contributed by atoms with van der Waals surface area (Å²) in [6, 6.07) is 0. The summed E-state index contributed by atoms with van der Waals surface area (Å²) in [6.45, 7) is 4.11. The fourth-order valence-electron chi connectivity index (χ4n) is 1.47. The van der Waals surface area contributed by atoms with Gasteiger partial charge < -0.3 is 14.4 Å². The van der Waals surface area contributed by atoms with Crippen LogP contribution in [0, 0.1) is 0 Å². The van der Waals surface area contributed by atoms with E-state index < -0.39 is 5.97 Å². The second-order valence-corrected chi connectivity index (χ2v) is 3.38. The van der Waals surface area contributed by atoms with Gasteiger partial charge in [-0.25, -0.2) is 4.79 Å². The van der Waals surface area contributed by atoms with Gasteiger partial charge in [0.25, 0.3) is 0 Å². The minimum absolute atomic E-state index is 0.0786. The van der Waals surface area contributed by atoms with Gasteiger partial charge in [0.05, 0.1) is 6.61 Å². The summed E-state index contributed by atoms with van der Waals surface area (Å²) in [7, 11) is 1.57. The third-order valence-corrected chi connectivity index (χ3v) is 2.21. The van der Waals surface area contributed by atoms with Gasteiger partial charge in [0, 0.05) is 19.4 Å². The van der Waals surface area contributed by atoms with Crippen molar-refractivity contribution in [2.45, 2.75) is 26.2 Å². The Balaban J connectivity index is 3.07. The van der Waals surface area contributed by atoms with Crippen molar-refractivity contribution in [2.24, 2.45) is 0 Å². The maximum atomic E-state index is 11.0. The predicted molar refractivity (Wildman–Crippen MR) is 53.1 cm³/mol. The molecule has 0 aliphatic carbocycles. The van der Waals surface area contributed by atoms with Crippen LogP contribution >= 0.6 is 0 Å². The van der Waals surface area contributed by atoms with Crippen molar-refractivity contribution in [1.29, 1.82) is 0 Å². The fraction of sp³-hybridized carbons (Fsp3) is 0.600. The largest absolute Gasteiger partial charge is 0.477 e. The Morgan fingerprint density at radius 1 is 1.67 bits per heavy atom. The van der Waals surface area contributed by atoms with Crippen LogP contribution in [0.4, 0.5) is 0 Å². The minimum Gasteiger partial charge on any atom is -0.477 e. The molecule has 1 rings (SSSR count). The Kier molecular flexibility index (Phi) is 3.85. The number of nitrogens with zero attached hydrogens (tertiary/aromatic N) is 1. The fourth-order valence-corrected chi connectivity index (χ4v) is 1.47. The summed E-state index contributed by atoms with van der Waals surface area (Å²) in [5, 5.41) is 12.8. The van der Waals surface area contributed by atoms with Gasteiger partial charge in [-0.3, -0.25) is 0 Å². The van der Waals surface area contributed by atoms with Crippen molar-refractivity contribution in [1.82, 2.24) is 5.16 Å². The Morgan fingerprint density at radius 2 is 2.33 bits per heavy atom. The molecule has 1 atom stereocenters. The van der Waals surface area contributed by atoms with Gasteiger partial charge >= 0.3 is 5.97 Å². The molecule has 1 N–H and O–H groups in total. The number of methoxy groups -OCH3 is 1. The number of aryl methyl sites for hydroxylation is 1. The molecule has 1 unspecified atom stereocenters. The van der Waals surface area contributed by atoms with Gasteiger partial charge in [-0.1, -0.05) is 19.0 Å². The van der Waals surface area contributed by atoms with Crippen LogP contribution in [0.3, 0.4) is 0 Å². The lowest BCUT2D eigenvalue weighted by Crippen LogP contribution is -2.09. The van der Waals surface area contributed by atoms with E-state index in [1.54, 1.807) is 7.11 Å². The highest BCUT2D eigenvalue weighted by molar-refractivity contribution is 5.90. The summed E-state index contributed by atoms with van der Waals surface area (Å²) < 4.78 is 9.95. The minimum atomic E-state index is -0.994. The highest BCUT2D eigenvalue weighted by Crippen LogP contribution is 2.22. The number of hydrogen-bond acceptors (Lipinski definition) is 4. The van der Waals surface area contributed by atoms with E-state index in [0.717, 1.165) is 0 Å². The molecule has 0 saturated heterocycles. The van der Waals surface area contributed by atoms with Crippen molar-refractivity contribution in [3.63, 3.8) is 0 Å². The van der Waals surface area contributed by atoms with Crippen molar-refractivity contribution >= 4 is 5.97 Å². The average molecular weight is 213 g/mol. The first-order valence-electron chi connectivity index (χ1n) is 4.82. The molecule has 0 spiro atoms. The van der Waals surface area contributed by atoms with Crippen LogP contribution in [-0.4, -0.2) is 29.9 Å². The van der Waals surface area contributed by atoms with E-state index >= 15 is 0 Å². The first-order chi connectivity index (χ1) is 7.11. The number of hydrogen-bond donors (Lipinski definition) is 1. The summed E-state index contributed by atoms with van der Waals surface area (Å²) in [5.74, 6) is -0.656. The third kappa shape index (κ3) is 2.36. The molecule has 84 valence electrons. The standard InChI is InChI=1S/C10H15NO4/c1-4-7-8(10(12)13)9(11-15-7)6(2)5-14-3/h6H,4-5H2,1-3H3,(H,12,13). The molecular weight excluding hydrogens is 198 g/mol. The predicted octanol–water partition coefficient (Wildman–Crippen LogP) is 1.69. The Morgan fingerprint density at radius 3 is 2.80 bits per heavy atom. The van der Waals surface area contributed by atoms with Crippen LogP contribution in [0.2, 0.25) is 0 Å². The quantitative estimate of drug-likeness (QED) is 0.805. The summed E-state index contributed by atoms with van der Waals surface area (Å²) in [5.41, 5.74) is 0.642. The number of carboxylic acids is 1. The Bertz CT molecular complexity index is 345. The van der Waals surface area contributed by atoms with Gasteiger partial charge in [0.15, 0.2) is 5.76 Å². The second kappa shape index (κ2) is 4.93. The molecule has 0 fully saturated rings. The molecule has 1 heterocycles. The molecule has 0 amide bonds. The van der Waals surface area contributed by atoms with E-state index in [-0.39, 0.29) is 11.5 Å². The van der Waals surface area contributed by atoms with Crippen LogP contribution in [-0.2, 0) is 11.2 Å². The lowest BCUT2D eigenvalue weighted by Gasteiger charge is -2.06. The number of aromatic nitrogens is 1. The van der Waals surface area contributed by atoms with Crippen molar-refractivity contribution in [3.8, 4) is 0 Å². The number of aromatic carboxylic acids is 1. The zero-order valence-corrected chi connectivity index (χ0v) is 9.11. The van der Waals surface area contributed by atoms with Crippen LogP contribution in [0.1, 0.15) is 41.6 Å². The molecular formula is C10H15NO4. The Hall–Kier alpha value is -1.36. The first-order valence-corrected chi connectivity index (χ1v) is 4.82. The molecule has 0 aromatic carbocycles. The van der Waals surface area contributed by atoms with Gasteiger partial charge in [-0.15, -0.1) is 0 Å². The zero-order valence-electron chi connectivity index (χ0n) is 9.11. The molecule has 5 heteroatoms. The monoisotopic (exact) mass is 213 g/mol. The third-order valence-electron chi connectivity index (χ3n) is 2.21. The highest BCUT2D eigenvalue weighted by atomic mass is 16.5. The van der Waals surface area contributed by atoms with Crippen LogP contribution in [0.5, 0.6) is 0 Å². The normalized spacial score (nSPS) is 12.7. The van der Waals surface area contributed by atoms with Crippen molar-refractivity contribution in [3.05, 3.63) is 17.0 Å². The number of ether oxygens (including phenoxy) is 1. The summed E-state index contributed by atoms with van der Waals surface area (Å²) >= 11 is 0. The van der Waals surface area contributed by atoms with E-state index in [1.807, 2.05) is 13.8 Å². The maximum Gasteiger partial charge on any atom is 0.341 e. The van der Waals surface area contributed by atoms with E-state index in [1.165, 1.54) is 0 Å². The maximum absolute atomic E-state index is 11.0. The molecule has 5 nitrogen and oxygen atoms in total. The van der Waals surface area contributed by atoms with Gasteiger partial charge in [0.2, 0.25) is 0 Å². The Labute approximate surface area is 88.0 Å². The van der Waals surface area contributed by atoms with Crippen LogP contribution in [0.25, 0.3) is 0 Å². The van der Waals surface area contributed by atoms with Crippen LogP contribution in [0.15, 0.2) is 4.52 Å². The lowest BCUT2D eigenvalue weighted by molar-refractivity contribution is 0.0692. The molecule has 0 aliphatic heterocycles. The smallest absolute Gasteiger partial charge is 0.341 e. The summed E-state index contributed by atoms with van der Waals surface area (Å²) in [6.07, 6.45) is 0.522. The van der Waals surface area contributed by atoms with E-state index in [9.17, 15) is 4.79 Å². The second-order valence-electron chi connectivity index (χ2n) is 3.38. The van der Waals surface area contributed by atoms with Crippen LogP contribution < -0.4 is 0 Å². The number of carbonyl (C=O) groups is 1. The SMILES string of the molecule is CCc1onc(C(C)COC)c1C(=O)O. The van der Waals surface area contributed by atoms with Gasteiger partial charge in [0.1, 0.15) is 11.3 Å². The van der Waals surface area contributed by atoms with E-state index in [4.69, 9.17) is 14.4 Å². The van der Waals surface area contributed by atoms with E-state index in [2.05, 4.69) is 5.16 Å². The zero-order chi connectivity index (χ0) is 11.4. The number of rotatable bonds is 5. The van der Waals surface area contributed by atoms with Crippen molar-refractivity contribution < 1.29 is 19.2 Å². The molecule has 15 heavy (non-hydrogen) atoms. The number of carboxylic acid groups (broad SMARTS) is 1. The summed E-state index contributed by atoms with van der Waals surface area (Å²) in [4.78, 5) is 11.0. The molecule has 0 saturated carbocycles. The average Bonchev–Trinajstić information content (AvgIpc) is 2.61. The first kappa shape index (κ1) is 11.7. The van der Waals surface area contributed by atoms with Crippen molar-refractivity contribution in [2.75, 3.05) is 13.7 Å². The molecule has 0 aliphatic rings. The molecule has 0 bridgehead atoms. The molecule has 0 radical (unpaired) electrons. The van der Waals surface area contributed by atoms with Gasteiger partial charge in [-0.2, -0.15) is 0 Å². The highest BCUT2D eigenvalue weighted by Gasteiger charge is 2.24.